The topological polar surface area (TPSA) is 41.9 Å². The van der Waals surface area contributed by atoms with Crippen LogP contribution in [0.25, 0.3) is 10.8 Å². The van der Waals surface area contributed by atoms with Crippen molar-refractivity contribution in [1.29, 1.82) is 0 Å². The fourth-order valence-electron chi connectivity index (χ4n) is 4.28. The van der Waals surface area contributed by atoms with E-state index in [0.29, 0.717) is 17.3 Å². The first-order valence-corrected chi connectivity index (χ1v) is 9.39. The minimum atomic E-state index is -0.359. The summed E-state index contributed by atoms with van der Waals surface area (Å²) < 4.78 is 5.31. The standard InChI is InChI=1S/C22H17ClN2O2/c1-2-27-22(26)20-19-16-10-3-6-13-7-4-11-17(18(13)16)21(19)25(24-20)15-9-5-8-14(23)12-15/h3-12,19,21H,2H2,1H3/t19-,21+/m1/s1. The lowest BCUT2D eigenvalue weighted by Gasteiger charge is -2.24. The van der Waals surface area contributed by atoms with E-state index in [1.54, 1.807) is 0 Å². The van der Waals surface area contributed by atoms with E-state index in [4.69, 9.17) is 21.4 Å². The summed E-state index contributed by atoms with van der Waals surface area (Å²) in [5.41, 5.74) is 3.62. The molecule has 4 nitrogen and oxygen atoms in total. The van der Waals surface area contributed by atoms with Gasteiger partial charge in [0.2, 0.25) is 0 Å². The highest BCUT2D eigenvalue weighted by Crippen LogP contribution is 2.53. The molecule has 0 unspecified atom stereocenters. The average molecular weight is 377 g/mol. The van der Waals surface area contributed by atoms with Crippen molar-refractivity contribution >= 4 is 39.7 Å². The summed E-state index contributed by atoms with van der Waals surface area (Å²) in [6.45, 7) is 2.13. The molecule has 5 heteroatoms. The van der Waals surface area contributed by atoms with Gasteiger partial charge in [-0.1, -0.05) is 54.1 Å². The van der Waals surface area contributed by atoms with E-state index in [-0.39, 0.29) is 17.9 Å². The Hall–Kier alpha value is -2.85. The van der Waals surface area contributed by atoms with E-state index < -0.39 is 0 Å². The molecular weight excluding hydrogens is 360 g/mol. The Kier molecular flexibility index (Phi) is 3.69. The van der Waals surface area contributed by atoms with E-state index in [9.17, 15) is 4.79 Å². The summed E-state index contributed by atoms with van der Waals surface area (Å²) in [5.74, 6) is -0.508. The molecular formula is C22H17ClN2O2. The first kappa shape index (κ1) is 16.3. The second kappa shape index (κ2) is 6.10. The van der Waals surface area contributed by atoms with Crippen molar-refractivity contribution in [2.75, 3.05) is 11.6 Å². The van der Waals surface area contributed by atoms with Crippen molar-refractivity contribution < 1.29 is 9.53 Å². The molecule has 0 spiro atoms. The van der Waals surface area contributed by atoms with E-state index in [1.165, 1.54) is 16.3 Å². The van der Waals surface area contributed by atoms with Crippen LogP contribution >= 0.6 is 11.6 Å². The third kappa shape index (κ3) is 2.37. The molecule has 0 radical (unpaired) electrons. The van der Waals surface area contributed by atoms with Gasteiger partial charge in [0.25, 0.3) is 0 Å². The zero-order valence-corrected chi connectivity index (χ0v) is 15.5. The number of nitrogens with zero attached hydrogens (tertiary/aromatic N) is 2. The third-order valence-corrected chi connectivity index (χ3v) is 5.50. The van der Waals surface area contributed by atoms with E-state index in [2.05, 4.69) is 30.3 Å². The molecule has 0 fully saturated rings. The van der Waals surface area contributed by atoms with Crippen LogP contribution < -0.4 is 5.01 Å². The first-order valence-electron chi connectivity index (χ1n) is 9.01. The summed E-state index contributed by atoms with van der Waals surface area (Å²) in [7, 11) is 0. The predicted molar refractivity (Wildman–Crippen MR) is 107 cm³/mol. The molecule has 1 aliphatic heterocycles. The van der Waals surface area contributed by atoms with E-state index in [1.807, 2.05) is 42.3 Å². The van der Waals surface area contributed by atoms with Gasteiger partial charge >= 0.3 is 5.97 Å². The van der Waals surface area contributed by atoms with Crippen LogP contribution in [0.2, 0.25) is 5.02 Å². The van der Waals surface area contributed by atoms with Crippen molar-refractivity contribution in [2.24, 2.45) is 5.10 Å². The fraction of sp³-hybridized carbons (Fsp3) is 0.182. The maximum Gasteiger partial charge on any atom is 0.355 e. The van der Waals surface area contributed by atoms with Gasteiger partial charge in [-0.3, -0.25) is 5.01 Å². The molecule has 0 bridgehead atoms. The molecule has 27 heavy (non-hydrogen) atoms. The maximum atomic E-state index is 12.7. The zero-order valence-electron chi connectivity index (χ0n) is 14.7. The second-order valence-corrected chi connectivity index (χ2v) is 7.18. The van der Waals surface area contributed by atoms with E-state index >= 15 is 0 Å². The number of anilines is 1. The summed E-state index contributed by atoms with van der Waals surface area (Å²) >= 11 is 6.22. The van der Waals surface area contributed by atoms with Crippen molar-refractivity contribution in [3.8, 4) is 0 Å². The van der Waals surface area contributed by atoms with Crippen LogP contribution in [0.5, 0.6) is 0 Å². The Labute approximate surface area is 162 Å². The molecule has 0 amide bonds. The summed E-state index contributed by atoms with van der Waals surface area (Å²) in [6.07, 6.45) is 0. The van der Waals surface area contributed by atoms with E-state index in [0.717, 1.165) is 11.3 Å². The van der Waals surface area contributed by atoms with Crippen LogP contribution in [0.4, 0.5) is 5.69 Å². The number of hydrogen-bond acceptors (Lipinski definition) is 4. The van der Waals surface area contributed by atoms with Crippen LogP contribution in [0, 0.1) is 0 Å². The molecule has 0 saturated heterocycles. The number of hydrazone groups is 1. The molecule has 3 aromatic rings. The van der Waals surface area contributed by atoms with Crippen LogP contribution in [0.1, 0.15) is 30.0 Å². The van der Waals surface area contributed by atoms with Crippen molar-refractivity contribution in [1.82, 2.24) is 0 Å². The minimum absolute atomic E-state index is 0.0797. The number of halogens is 1. The molecule has 5 rings (SSSR count). The number of fused-ring (bicyclic) bond motifs is 3. The summed E-state index contributed by atoms with van der Waals surface area (Å²) in [5, 5.41) is 9.64. The van der Waals surface area contributed by atoms with Gasteiger partial charge in [-0.25, -0.2) is 4.79 Å². The molecule has 0 saturated carbocycles. The van der Waals surface area contributed by atoms with Crippen LogP contribution in [-0.2, 0) is 9.53 Å². The van der Waals surface area contributed by atoms with Crippen LogP contribution in [0.15, 0.2) is 65.8 Å². The Balaban J connectivity index is 1.73. The lowest BCUT2D eigenvalue weighted by atomic mass is 9.92. The van der Waals surface area contributed by atoms with Crippen molar-refractivity contribution in [2.45, 2.75) is 18.9 Å². The Morgan fingerprint density at radius 1 is 1.11 bits per heavy atom. The van der Waals surface area contributed by atoms with Crippen LogP contribution in [0.3, 0.4) is 0 Å². The fourth-order valence-corrected chi connectivity index (χ4v) is 4.46. The molecule has 3 aromatic carbocycles. The van der Waals surface area contributed by atoms with Gasteiger partial charge < -0.3 is 4.74 Å². The number of hydrogen-bond donors (Lipinski definition) is 0. The molecule has 2 atom stereocenters. The number of benzene rings is 3. The highest BCUT2D eigenvalue weighted by atomic mass is 35.5. The lowest BCUT2D eigenvalue weighted by Crippen LogP contribution is -2.24. The number of carbonyl (C=O) groups is 1. The Morgan fingerprint density at radius 2 is 1.85 bits per heavy atom. The first-order chi connectivity index (χ1) is 13.2. The van der Waals surface area contributed by atoms with Gasteiger partial charge in [-0.15, -0.1) is 0 Å². The zero-order chi connectivity index (χ0) is 18.5. The lowest BCUT2D eigenvalue weighted by molar-refractivity contribution is -0.135. The number of rotatable bonds is 3. The third-order valence-electron chi connectivity index (χ3n) is 5.27. The van der Waals surface area contributed by atoms with Gasteiger partial charge in [-0.2, -0.15) is 5.10 Å². The van der Waals surface area contributed by atoms with Crippen molar-refractivity contribution in [3.63, 3.8) is 0 Å². The highest BCUT2D eigenvalue weighted by Gasteiger charge is 2.48. The molecule has 134 valence electrons. The molecule has 2 aliphatic rings. The summed E-state index contributed by atoms with van der Waals surface area (Å²) in [6, 6.07) is 20.0. The largest absolute Gasteiger partial charge is 0.461 e. The van der Waals surface area contributed by atoms with Gasteiger partial charge in [0, 0.05) is 5.02 Å². The van der Waals surface area contributed by atoms with Gasteiger partial charge in [0.15, 0.2) is 5.71 Å². The van der Waals surface area contributed by atoms with Gasteiger partial charge in [-0.05, 0) is 47.0 Å². The Morgan fingerprint density at radius 3 is 2.59 bits per heavy atom. The smallest absolute Gasteiger partial charge is 0.355 e. The predicted octanol–water partition coefficient (Wildman–Crippen LogP) is 5.07. The van der Waals surface area contributed by atoms with Gasteiger partial charge in [0.05, 0.1) is 24.3 Å². The monoisotopic (exact) mass is 376 g/mol. The second-order valence-electron chi connectivity index (χ2n) is 6.75. The molecule has 0 N–H and O–H groups in total. The van der Waals surface area contributed by atoms with Crippen LogP contribution in [-0.4, -0.2) is 18.3 Å². The Bertz CT molecular complexity index is 1100. The maximum absolute atomic E-state index is 12.7. The highest BCUT2D eigenvalue weighted by molar-refractivity contribution is 6.40. The molecule has 1 heterocycles. The molecule has 1 aliphatic carbocycles. The number of carbonyl (C=O) groups excluding carboxylic acids is 1. The quantitative estimate of drug-likeness (QED) is 0.599. The van der Waals surface area contributed by atoms with Gasteiger partial charge in [0.1, 0.15) is 0 Å². The normalized spacial score (nSPS) is 19.9. The minimum Gasteiger partial charge on any atom is -0.461 e. The average Bonchev–Trinajstić information content (AvgIpc) is 3.21. The summed E-state index contributed by atoms with van der Waals surface area (Å²) in [4.78, 5) is 12.7. The SMILES string of the molecule is CCOC(=O)C1=NN(c2cccc(Cl)c2)[C@H]2c3cccc4cccc(c34)[C@H]12. The molecule has 0 aromatic heterocycles. The number of ether oxygens (including phenoxy) is 1. The van der Waals surface area contributed by atoms with Crippen molar-refractivity contribution in [3.05, 3.63) is 76.8 Å². The number of esters is 1.